The van der Waals surface area contributed by atoms with Crippen molar-refractivity contribution in [2.75, 3.05) is 6.54 Å². The lowest BCUT2D eigenvalue weighted by Crippen LogP contribution is -2.37. The Balaban J connectivity index is 1.64. The fraction of sp³-hybridized carbons (Fsp3) is 0.158. The maximum absolute atomic E-state index is 12.3. The molecule has 25 heavy (non-hydrogen) atoms. The Morgan fingerprint density at radius 2 is 1.92 bits per heavy atom. The molecule has 128 valence electrons. The van der Waals surface area contributed by atoms with Gasteiger partial charge in [0.25, 0.3) is 5.91 Å². The number of halogens is 1. The third-order valence-electron chi connectivity index (χ3n) is 3.62. The molecule has 1 atom stereocenters. The third kappa shape index (κ3) is 5.32. The molecule has 0 aliphatic heterocycles. The number of nitrogens with one attached hydrogen (secondary N) is 1. The van der Waals surface area contributed by atoms with Gasteiger partial charge in [0.15, 0.2) is 0 Å². The summed E-state index contributed by atoms with van der Waals surface area (Å²) in [6.07, 6.45) is 5.14. The lowest BCUT2D eigenvalue weighted by atomic mass is 10.2. The number of benzene rings is 2. The Morgan fingerprint density at radius 3 is 2.60 bits per heavy atom. The Morgan fingerprint density at radius 1 is 1.16 bits per heavy atom. The van der Waals surface area contributed by atoms with Crippen molar-refractivity contribution in [1.82, 2.24) is 14.9 Å². The highest BCUT2D eigenvalue weighted by molar-refractivity contribution is 14.1. The van der Waals surface area contributed by atoms with Gasteiger partial charge in [-0.1, -0.05) is 18.2 Å². The molecule has 0 aliphatic carbocycles. The highest BCUT2D eigenvalue weighted by Crippen LogP contribution is 2.12. The van der Waals surface area contributed by atoms with Gasteiger partial charge in [-0.15, -0.1) is 0 Å². The largest absolute Gasteiger partial charge is 0.487 e. The number of aromatic nitrogens is 2. The molecule has 1 heterocycles. The van der Waals surface area contributed by atoms with Crippen molar-refractivity contribution >= 4 is 28.5 Å². The van der Waals surface area contributed by atoms with Crippen molar-refractivity contribution in [1.29, 1.82) is 0 Å². The topological polar surface area (TPSA) is 56.2 Å². The molecule has 0 saturated heterocycles. The van der Waals surface area contributed by atoms with E-state index in [4.69, 9.17) is 4.74 Å². The molecule has 2 aromatic carbocycles. The summed E-state index contributed by atoms with van der Waals surface area (Å²) in [5.74, 6) is 0.667. The Labute approximate surface area is 160 Å². The first kappa shape index (κ1) is 17.5. The van der Waals surface area contributed by atoms with Crippen LogP contribution in [0.3, 0.4) is 0 Å². The van der Waals surface area contributed by atoms with Crippen LogP contribution in [0.25, 0.3) is 0 Å². The number of nitrogens with zero attached hydrogens (tertiary/aromatic N) is 2. The fourth-order valence-electron chi connectivity index (χ4n) is 2.37. The van der Waals surface area contributed by atoms with Crippen LogP contribution in [0.4, 0.5) is 0 Å². The standard InChI is InChI=1S/C19H18IN3O2/c20-16-8-6-15(7-9-16)19(24)22-12-18(13-23-11-10-21-14-23)25-17-4-2-1-3-5-17/h1-11,14,18H,12-13H2,(H,22,24). The van der Waals surface area contributed by atoms with E-state index in [2.05, 4.69) is 32.9 Å². The van der Waals surface area contributed by atoms with Crippen molar-refractivity contribution < 1.29 is 9.53 Å². The van der Waals surface area contributed by atoms with Gasteiger partial charge in [-0.2, -0.15) is 0 Å². The van der Waals surface area contributed by atoms with Gasteiger partial charge in [-0.25, -0.2) is 4.98 Å². The summed E-state index contributed by atoms with van der Waals surface area (Å²) in [4.78, 5) is 16.4. The molecular formula is C19H18IN3O2. The van der Waals surface area contributed by atoms with E-state index in [0.717, 1.165) is 9.32 Å². The molecule has 5 nitrogen and oxygen atoms in total. The van der Waals surface area contributed by atoms with Crippen molar-refractivity contribution in [2.24, 2.45) is 0 Å². The van der Waals surface area contributed by atoms with Gasteiger partial charge in [-0.3, -0.25) is 4.79 Å². The maximum Gasteiger partial charge on any atom is 0.251 e. The molecule has 0 radical (unpaired) electrons. The van der Waals surface area contributed by atoms with Crippen LogP contribution < -0.4 is 10.1 Å². The van der Waals surface area contributed by atoms with Gasteiger partial charge in [0.05, 0.1) is 19.4 Å². The van der Waals surface area contributed by atoms with Crippen molar-refractivity contribution in [2.45, 2.75) is 12.6 Å². The Bertz CT molecular complexity index is 789. The number of ether oxygens (including phenoxy) is 1. The van der Waals surface area contributed by atoms with Gasteiger partial charge in [0.2, 0.25) is 0 Å². The zero-order chi connectivity index (χ0) is 17.5. The molecular weight excluding hydrogens is 429 g/mol. The zero-order valence-electron chi connectivity index (χ0n) is 13.5. The van der Waals surface area contributed by atoms with Crippen molar-refractivity contribution in [3.63, 3.8) is 0 Å². The number of hydrogen-bond donors (Lipinski definition) is 1. The van der Waals surface area contributed by atoms with Crippen LogP contribution in [-0.4, -0.2) is 28.1 Å². The van der Waals surface area contributed by atoms with E-state index < -0.39 is 0 Å². The van der Waals surface area contributed by atoms with Crippen molar-refractivity contribution in [3.8, 4) is 5.75 Å². The Hall–Kier alpha value is -2.35. The van der Waals surface area contributed by atoms with Crippen LogP contribution in [0, 0.1) is 3.57 Å². The lowest BCUT2D eigenvalue weighted by Gasteiger charge is -2.20. The number of para-hydroxylation sites is 1. The first-order valence-corrected chi connectivity index (χ1v) is 9.00. The van der Waals surface area contributed by atoms with Gasteiger partial charge in [0, 0.05) is 21.5 Å². The van der Waals surface area contributed by atoms with E-state index in [-0.39, 0.29) is 12.0 Å². The summed E-state index contributed by atoms with van der Waals surface area (Å²) in [6.45, 7) is 1.000. The van der Waals surface area contributed by atoms with E-state index in [9.17, 15) is 4.79 Å². The summed E-state index contributed by atoms with van der Waals surface area (Å²) in [6, 6.07) is 17.1. The van der Waals surface area contributed by atoms with Crippen molar-refractivity contribution in [3.05, 3.63) is 82.5 Å². The molecule has 0 aliphatic rings. The summed E-state index contributed by atoms with van der Waals surface area (Å²) in [7, 11) is 0. The van der Waals surface area contributed by atoms with Gasteiger partial charge in [-0.05, 0) is 59.0 Å². The van der Waals surface area contributed by atoms with Crippen LogP contribution in [-0.2, 0) is 6.54 Å². The monoisotopic (exact) mass is 447 g/mol. The minimum absolute atomic E-state index is 0.108. The number of amides is 1. The third-order valence-corrected chi connectivity index (χ3v) is 4.34. The van der Waals surface area contributed by atoms with Gasteiger partial charge < -0.3 is 14.6 Å². The van der Waals surface area contributed by atoms with E-state index in [1.54, 1.807) is 12.5 Å². The van der Waals surface area contributed by atoms with E-state index in [0.29, 0.717) is 18.7 Å². The molecule has 1 unspecified atom stereocenters. The fourth-order valence-corrected chi connectivity index (χ4v) is 2.73. The number of carbonyl (C=O) groups is 1. The van der Waals surface area contributed by atoms with Crippen LogP contribution in [0.1, 0.15) is 10.4 Å². The van der Waals surface area contributed by atoms with Crippen LogP contribution >= 0.6 is 22.6 Å². The molecule has 0 saturated carbocycles. The predicted molar refractivity (Wildman–Crippen MR) is 105 cm³/mol. The average Bonchev–Trinajstić information content (AvgIpc) is 3.14. The first-order valence-electron chi connectivity index (χ1n) is 7.92. The van der Waals surface area contributed by atoms with E-state index in [1.807, 2.05) is 65.4 Å². The number of hydrogen-bond acceptors (Lipinski definition) is 3. The second-order valence-electron chi connectivity index (χ2n) is 5.53. The van der Waals surface area contributed by atoms with E-state index in [1.165, 1.54) is 0 Å². The summed E-state index contributed by atoms with van der Waals surface area (Å²) in [5, 5.41) is 2.95. The molecule has 1 amide bonds. The lowest BCUT2D eigenvalue weighted by molar-refractivity contribution is 0.0920. The molecule has 0 spiro atoms. The number of imidazole rings is 1. The smallest absolute Gasteiger partial charge is 0.251 e. The normalized spacial score (nSPS) is 11.7. The molecule has 3 aromatic rings. The quantitative estimate of drug-likeness (QED) is 0.566. The summed E-state index contributed by atoms with van der Waals surface area (Å²) >= 11 is 2.22. The highest BCUT2D eigenvalue weighted by Gasteiger charge is 2.14. The van der Waals surface area contributed by atoms with Crippen LogP contribution in [0.2, 0.25) is 0 Å². The van der Waals surface area contributed by atoms with Gasteiger partial charge >= 0.3 is 0 Å². The second kappa shape index (κ2) is 8.66. The summed E-state index contributed by atoms with van der Waals surface area (Å²) < 4.78 is 9.06. The SMILES string of the molecule is O=C(NCC(Cn1ccnc1)Oc1ccccc1)c1ccc(I)cc1. The van der Waals surface area contributed by atoms with Gasteiger partial charge in [0.1, 0.15) is 11.9 Å². The maximum atomic E-state index is 12.3. The minimum Gasteiger partial charge on any atom is -0.487 e. The number of rotatable bonds is 7. The molecule has 0 fully saturated rings. The van der Waals surface area contributed by atoms with E-state index >= 15 is 0 Å². The highest BCUT2D eigenvalue weighted by atomic mass is 127. The minimum atomic E-state index is -0.204. The average molecular weight is 447 g/mol. The Kier molecular flexibility index (Phi) is 6.05. The first-order chi connectivity index (χ1) is 12.2. The second-order valence-corrected chi connectivity index (χ2v) is 6.77. The molecule has 0 bridgehead atoms. The van der Waals surface area contributed by atoms with Crippen LogP contribution in [0.15, 0.2) is 73.3 Å². The molecule has 3 rings (SSSR count). The van der Waals surface area contributed by atoms with Crippen LogP contribution in [0.5, 0.6) is 5.75 Å². The zero-order valence-corrected chi connectivity index (χ0v) is 15.7. The molecule has 6 heteroatoms. The summed E-state index contributed by atoms with van der Waals surface area (Å²) in [5.41, 5.74) is 0.640. The number of carbonyl (C=O) groups excluding carboxylic acids is 1. The molecule has 1 N–H and O–H groups in total. The predicted octanol–water partition coefficient (Wildman–Crippen LogP) is 3.37. The molecule has 1 aromatic heterocycles.